The molecule has 0 aliphatic heterocycles. The summed E-state index contributed by atoms with van der Waals surface area (Å²) >= 11 is 0. The predicted molar refractivity (Wildman–Crippen MR) is 71.9 cm³/mol. The van der Waals surface area contributed by atoms with E-state index in [1.807, 2.05) is 0 Å². The molecular weight excluding hydrogens is 212 g/mol. The van der Waals surface area contributed by atoms with E-state index in [0.717, 1.165) is 18.8 Å². The maximum atomic E-state index is 11.8. The highest BCUT2D eigenvalue weighted by Gasteiger charge is 2.21. The van der Waals surface area contributed by atoms with E-state index in [-0.39, 0.29) is 5.91 Å². The summed E-state index contributed by atoms with van der Waals surface area (Å²) in [7, 11) is 0. The van der Waals surface area contributed by atoms with Gasteiger partial charge in [-0.25, -0.2) is 0 Å². The van der Waals surface area contributed by atoms with Crippen LogP contribution in [-0.2, 0) is 4.79 Å². The molecule has 1 fully saturated rings. The molecule has 3 atom stereocenters. The lowest BCUT2D eigenvalue weighted by molar-refractivity contribution is -0.121. The Balaban J connectivity index is 2.21. The van der Waals surface area contributed by atoms with E-state index < -0.39 is 0 Å². The van der Waals surface area contributed by atoms with Gasteiger partial charge >= 0.3 is 0 Å². The van der Waals surface area contributed by atoms with Crippen LogP contribution in [0.15, 0.2) is 0 Å². The molecule has 0 aromatic rings. The highest BCUT2D eigenvalue weighted by atomic mass is 16.1. The molecule has 1 aliphatic carbocycles. The Morgan fingerprint density at radius 3 is 2.76 bits per heavy atom. The Morgan fingerprint density at radius 2 is 2.12 bits per heavy atom. The van der Waals surface area contributed by atoms with Crippen molar-refractivity contribution in [3.05, 3.63) is 0 Å². The van der Waals surface area contributed by atoms with Crippen molar-refractivity contribution in [3.63, 3.8) is 0 Å². The molecule has 1 amide bonds. The molecular formula is C14H28N2O. The highest BCUT2D eigenvalue weighted by Crippen LogP contribution is 2.26. The van der Waals surface area contributed by atoms with E-state index in [4.69, 9.17) is 0 Å². The summed E-state index contributed by atoms with van der Waals surface area (Å²) in [5, 5.41) is 6.40. The van der Waals surface area contributed by atoms with Crippen LogP contribution in [0.25, 0.3) is 0 Å². The van der Waals surface area contributed by atoms with Gasteiger partial charge < -0.3 is 10.6 Å². The van der Waals surface area contributed by atoms with Crippen molar-refractivity contribution in [1.29, 1.82) is 0 Å². The van der Waals surface area contributed by atoms with Gasteiger partial charge in [0.1, 0.15) is 0 Å². The second kappa shape index (κ2) is 7.70. The van der Waals surface area contributed by atoms with Gasteiger partial charge in [0.2, 0.25) is 5.91 Å². The molecule has 0 heterocycles. The van der Waals surface area contributed by atoms with E-state index >= 15 is 0 Å². The second-order valence-electron chi connectivity index (χ2n) is 5.40. The molecule has 3 unspecified atom stereocenters. The quantitative estimate of drug-likeness (QED) is 0.749. The van der Waals surface area contributed by atoms with Crippen molar-refractivity contribution in [1.82, 2.24) is 10.6 Å². The molecule has 1 aliphatic rings. The number of amides is 1. The summed E-state index contributed by atoms with van der Waals surface area (Å²) in [6.45, 7) is 6.95. The lowest BCUT2D eigenvalue weighted by Gasteiger charge is -2.29. The highest BCUT2D eigenvalue weighted by molar-refractivity contribution is 5.78. The first-order valence-electron chi connectivity index (χ1n) is 7.18. The average molecular weight is 240 g/mol. The van der Waals surface area contributed by atoms with Gasteiger partial charge in [0.15, 0.2) is 0 Å². The van der Waals surface area contributed by atoms with Crippen LogP contribution < -0.4 is 10.6 Å². The molecule has 0 spiro atoms. The van der Waals surface area contributed by atoms with Gasteiger partial charge in [0.25, 0.3) is 0 Å². The largest absolute Gasteiger partial charge is 0.352 e. The first kappa shape index (κ1) is 14.5. The first-order chi connectivity index (χ1) is 8.15. The number of rotatable bonds is 6. The Hall–Kier alpha value is -0.570. The smallest absolute Gasteiger partial charge is 0.234 e. The standard InChI is InChI=1S/C14H28N2O/c1-4-11(3)15-10-14(17)16-13-8-6-7-12(5-2)9-13/h11-13,15H,4-10H2,1-3H3,(H,16,17). The SMILES string of the molecule is CCC1CCCC(NC(=O)CNC(C)CC)C1. The number of nitrogens with one attached hydrogen (secondary N) is 2. The van der Waals surface area contributed by atoms with Crippen molar-refractivity contribution in [2.45, 2.75) is 71.4 Å². The Labute approximate surface area is 106 Å². The predicted octanol–water partition coefficient (Wildman–Crippen LogP) is 2.46. The van der Waals surface area contributed by atoms with E-state index in [1.54, 1.807) is 0 Å². The lowest BCUT2D eigenvalue weighted by Crippen LogP contribution is -2.44. The molecule has 0 bridgehead atoms. The van der Waals surface area contributed by atoms with Crippen LogP contribution in [0.2, 0.25) is 0 Å². The molecule has 3 heteroatoms. The molecule has 3 nitrogen and oxygen atoms in total. The zero-order chi connectivity index (χ0) is 12.7. The van der Waals surface area contributed by atoms with Gasteiger partial charge in [-0.2, -0.15) is 0 Å². The van der Waals surface area contributed by atoms with Crippen molar-refractivity contribution < 1.29 is 4.79 Å². The van der Waals surface area contributed by atoms with Crippen LogP contribution in [-0.4, -0.2) is 24.5 Å². The third kappa shape index (κ3) is 5.53. The molecule has 100 valence electrons. The number of hydrogen-bond donors (Lipinski definition) is 2. The minimum absolute atomic E-state index is 0.159. The van der Waals surface area contributed by atoms with E-state index in [9.17, 15) is 4.79 Å². The third-order valence-electron chi connectivity index (χ3n) is 3.95. The minimum Gasteiger partial charge on any atom is -0.352 e. The summed E-state index contributed by atoms with van der Waals surface area (Å²) in [4.78, 5) is 11.8. The molecule has 0 saturated heterocycles. The zero-order valence-electron chi connectivity index (χ0n) is 11.6. The van der Waals surface area contributed by atoms with Crippen LogP contribution >= 0.6 is 0 Å². The van der Waals surface area contributed by atoms with Crippen molar-refractivity contribution in [3.8, 4) is 0 Å². The fourth-order valence-corrected chi connectivity index (χ4v) is 2.48. The number of hydrogen-bond acceptors (Lipinski definition) is 2. The van der Waals surface area contributed by atoms with Crippen LogP contribution in [0, 0.1) is 5.92 Å². The average Bonchev–Trinajstić information content (AvgIpc) is 2.36. The Morgan fingerprint density at radius 1 is 1.35 bits per heavy atom. The van der Waals surface area contributed by atoms with Crippen molar-refractivity contribution >= 4 is 5.91 Å². The normalized spacial score (nSPS) is 26.5. The van der Waals surface area contributed by atoms with Crippen LogP contribution in [0.1, 0.15) is 59.3 Å². The lowest BCUT2D eigenvalue weighted by atomic mass is 9.84. The fourth-order valence-electron chi connectivity index (χ4n) is 2.48. The first-order valence-corrected chi connectivity index (χ1v) is 7.18. The van der Waals surface area contributed by atoms with E-state index in [1.165, 1.54) is 25.7 Å². The summed E-state index contributed by atoms with van der Waals surface area (Å²) in [5.41, 5.74) is 0. The topological polar surface area (TPSA) is 41.1 Å². The van der Waals surface area contributed by atoms with Gasteiger partial charge in [0.05, 0.1) is 6.54 Å². The number of carbonyl (C=O) groups excluding carboxylic acids is 1. The third-order valence-corrected chi connectivity index (χ3v) is 3.95. The van der Waals surface area contributed by atoms with Gasteiger partial charge in [-0.05, 0) is 32.1 Å². The summed E-state index contributed by atoms with van der Waals surface area (Å²) < 4.78 is 0. The monoisotopic (exact) mass is 240 g/mol. The molecule has 1 rings (SSSR count). The summed E-state index contributed by atoms with van der Waals surface area (Å²) in [5.74, 6) is 0.976. The Bertz CT molecular complexity index is 230. The van der Waals surface area contributed by atoms with E-state index in [0.29, 0.717) is 18.6 Å². The van der Waals surface area contributed by atoms with Gasteiger partial charge in [-0.15, -0.1) is 0 Å². The molecule has 17 heavy (non-hydrogen) atoms. The molecule has 2 N–H and O–H groups in total. The van der Waals surface area contributed by atoms with Crippen molar-refractivity contribution in [2.24, 2.45) is 5.92 Å². The van der Waals surface area contributed by atoms with Crippen LogP contribution in [0.3, 0.4) is 0 Å². The maximum absolute atomic E-state index is 11.8. The zero-order valence-corrected chi connectivity index (χ0v) is 11.6. The van der Waals surface area contributed by atoms with Crippen LogP contribution in [0.4, 0.5) is 0 Å². The Kier molecular flexibility index (Phi) is 6.56. The molecule has 1 saturated carbocycles. The maximum Gasteiger partial charge on any atom is 0.234 e. The molecule has 0 aromatic carbocycles. The van der Waals surface area contributed by atoms with Gasteiger partial charge in [-0.3, -0.25) is 4.79 Å². The molecule has 0 aromatic heterocycles. The summed E-state index contributed by atoms with van der Waals surface area (Å²) in [6.07, 6.45) is 7.25. The van der Waals surface area contributed by atoms with Gasteiger partial charge in [0, 0.05) is 12.1 Å². The summed E-state index contributed by atoms with van der Waals surface area (Å²) in [6, 6.07) is 0.843. The number of carbonyl (C=O) groups is 1. The fraction of sp³-hybridized carbons (Fsp3) is 0.929. The van der Waals surface area contributed by atoms with Crippen molar-refractivity contribution in [2.75, 3.05) is 6.54 Å². The minimum atomic E-state index is 0.159. The second-order valence-corrected chi connectivity index (χ2v) is 5.40. The van der Waals surface area contributed by atoms with E-state index in [2.05, 4.69) is 31.4 Å². The molecule has 0 radical (unpaired) electrons. The van der Waals surface area contributed by atoms with Gasteiger partial charge in [-0.1, -0.05) is 33.1 Å². The van der Waals surface area contributed by atoms with Crippen LogP contribution in [0.5, 0.6) is 0 Å².